The van der Waals surface area contributed by atoms with Crippen LogP contribution in [0.2, 0.25) is 0 Å². The van der Waals surface area contributed by atoms with Gasteiger partial charge in [-0.25, -0.2) is 15.0 Å². The average molecular weight is 328 g/mol. The monoisotopic (exact) mass is 328 g/mol. The summed E-state index contributed by atoms with van der Waals surface area (Å²) >= 11 is 0. The van der Waals surface area contributed by atoms with Gasteiger partial charge in [-0.05, 0) is 18.9 Å². The molecule has 4 heterocycles. The van der Waals surface area contributed by atoms with Crippen LogP contribution in [-0.2, 0) is 24.4 Å². The van der Waals surface area contributed by atoms with E-state index in [-0.39, 0.29) is 0 Å². The Balaban J connectivity index is 1.34. The van der Waals surface area contributed by atoms with E-state index in [1.54, 1.807) is 12.5 Å². The zero-order chi connectivity index (χ0) is 16.4. The van der Waals surface area contributed by atoms with Crippen molar-refractivity contribution in [2.45, 2.75) is 38.6 Å². The summed E-state index contributed by atoms with van der Waals surface area (Å²) in [6, 6.07) is 2.52. The summed E-state index contributed by atoms with van der Waals surface area (Å²) in [4.78, 5) is 17.7. The summed E-state index contributed by atoms with van der Waals surface area (Å²) in [5.74, 6) is 2.07. The first-order valence-electron chi connectivity index (χ1n) is 8.63. The van der Waals surface area contributed by atoms with Crippen molar-refractivity contribution in [3.05, 3.63) is 36.3 Å². The number of ether oxygens (including phenoxy) is 1. The van der Waals surface area contributed by atoms with Gasteiger partial charge >= 0.3 is 0 Å². The van der Waals surface area contributed by atoms with Crippen LogP contribution in [0.4, 0.5) is 5.82 Å². The van der Waals surface area contributed by atoms with E-state index in [0.29, 0.717) is 12.6 Å². The molecule has 0 N–H and O–H groups in total. The summed E-state index contributed by atoms with van der Waals surface area (Å²) in [6.07, 6.45) is 7.76. The first-order chi connectivity index (χ1) is 11.8. The highest BCUT2D eigenvalue weighted by Gasteiger charge is 2.24. The van der Waals surface area contributed by atoms with Gasteiger partial charge < -0.3 is 14.2 Å². The molecular weight excluding hydrogens is 304 g/mol. The predicted molar refractivity (Wildman–Crippen MR) is 90.6 cm³/mol. The molecule has 2 aromatic rings. The summed E-state index contributed by atoms with van der Waals surface area (Å²) in [5, 5.41) is 0. The Morgan fingerprint density at radius 2 is 2.12 bits per heavy atom. The summed E-state index contributed by atoms with van der Waals surface area (Å²) < 4.78 is 7.79. The number of hydrogen-bond donors (Lipinski definition) is 0. The second kappa shape index (κ2) is 6.86. The number of rotatable bonds is 4. The van der Waals surface area contributed by atoms with E-state index in [4.69, 9.17) is 4.74 Å². The summed E-state index contributed by atoms with van der Waals surface area (Å²) in [6.45, 7) is 5.57. The van der Waals surface area contributed by atoms with Crippen LogP contribution in [0.5, 0.6) is 0 Å². The second-order valence-corrected chi connectivity index (χ2v) is 6.56. The van der Waals surface area contributed by atoms with E-state index < -0.39 is 0 Å². The lowest BCUT2D eigenvalue weighted by Gasteiger charge is -2.37. The van der Waals surface area contributed by atoms with Crippen LogP contribution < -0.4 is 4.90 Å². The van der Waals surface area contributed by atoms with Crippen LogP contribution in [0.3, 0.4) is 0 Å². The largest absolute Gasteiger partial charge is 0.372 e. The van der Waals surface area contributed by atoms with Crippen molar-refractivity contribution < 1.29 is 4.74 Å². The van der Waals surface area contributed by atoms with Crippen LogP contribution in [0.15, 0.2) is 24.8 Å². The van der Waals surface area contributed by atoms with Crippen molar-refractivity contribution in [2.24, 2.45) is 0 Å². The first kappa shape index (κ1) is 15.5. The van der Waals surface area contributed by atoms with Crippen LogP contribution in [0, 0.1) is 0 Å². The Hall–Kier alpha value is -1.99. The fourth-order valence-corrected chi connectivity index (χ4v) is 3.66. The van der Waals surface area contributed by atoms with Gasteiger partial charge in [-0.2, -0.15) is 0 Å². The van der Waals surface area contributed by atoms with E-state index >= 15 is 0 Å². The van der Waals surface area contributed by atoms with Gasteiger partial charge in [0.2, 0.25) is 0 Å². The van der Waals surface area contributed by atoms with Crippen LogP contribution in [0.25, 0.3) is 0 Å². The van der Waals surface area contributed by atoms with Crippen molar-refractivity contribution in [3.63, 3.8) is 0 Å². The number of fused-ring (bicyclic) bond motifs is 1. The minimum Gasteiger partial charge on any atom is -0.372 e. The maximum Gasteiger partial charge on any atom is 0.135 e. The van der Waals surface area contributed by atoms with Gasteiger partial charge in [0, 0.05) is 51.7 Å². The maximum atomic E-state index is 5.47. The molecule has 0 aliphatic carbocycles. The minimum absolute atomic E-state index is 0.545. The van der Waals surface area contributed by atoms with E-state index in [9.17, 15) is 0 Å². The molecule has 24 heavy (non-hydrogen) atoms. The van der Waals surface area contributed by atoms with Gasteiger partial charge in [-0.1, -0.05) is 0 Å². The molecule has 128 valence electrons. The quantitative estimate of drug-likeness (QED) is 0.843. The molecule has 0 bridgehead atoms. The Morgan fingerprint density at radius 3 is 2.92 bits per heavy atom. The van der Waals surface area contributed by atoms with Crippen molar-refractivity contribution in [1.82, 2.24) is 24.4 Å². The zero-order valence-electron chi connectivity index (χ0n) is 14.1. The lowest BCUT2D eigenvalue weighted by Crippen LogP contribution is -2.43. The van der Waals surface area contributed by atoms with E-state index in [2.05, 4.69) is 36.4 Å². The molecule has 0 atom stereocenters. The molecule has 7 heteroatoms. The minimum atomic E-state index is 0.545. The number of aromatic nitrogens is 4. The predicted octanol–water partition coefficient (Wildman–Crippen LogP) is 1.30. The maximum absolute atomic E-state index is 5.47. The van der Waals surface area contributed by atoms with Crippen molar-refractivity contribution in [1.29, 1.82) is 0 Å². The number of piperidine rings is 1. The highest BCUT2D eigenvalue weighted by Crippen LogP contribution is 2.22. The number of hydrogen-bond acceptors (Lipinski definition) is 6. The highest BCUT2D eigenvalue weighted by molar-refractivity contribution is 5.36. The Bertz CT molecular complexity index is 665. The van der Waals surface area contributed by atoms with E-state index in [1.807, 2.05) is 12.3 Å². The molecule has 1 saturated heterocycles. The van der Waals surface area contributed by atoms with E-state index in [0.717, 1.165) is 57.3 Å². The van der Waals surface area contributed by atoms with Gasteiger partial charge in [-0.3, -0.25) is 4.90 Å². The lowest BCUT2D eigenvalue weighted by atomic mass is 10.0. The molecule has 1 fully saturated rings. The number of nitrogens with zero attached hydrogens (tertiary/aromatic N) is 6. The van der Waals surface area contributed by atoms with Gasteiger partial charge in [0.05, 0.1) is 12.3 Å². The molecule has 2 aromatic heterocycles. The third-order valence-electron chi connectivity index (χ3n) is 5.13. The summed E-state index contributed by atoms with van der Waals surface area (Å²) in [7, 11) is 2.13. The van der Waals surface area contributed by atoms with Crippen molar-refractivity contribution in [2.75, 3.05) is 31.6 Å². The Morgan fingerprint density at radius 1 is 1.25 bits per heavy atom. The topological polar surface area (TPSA) is 59.3 Å². The smallest absolute Gasteiger partial charge is 0.135 e. The molecule has 2 aliphatic heterocycles. The molecule has 0 aromatic carbocycles. The Labute approximate surface area is 142 Å². The standard InChI is InChI=1S/C17H24N6O/c1-21(16-2-5-18-13-20-16)14-3-6-22(7-4-14)11-15-10-19-17-12-24-9-8-23(15)17/h2,5,10,13-14H,3-4,6-9,11-12H2,1H3. The normalized spacial score (nSPS) is 19.2. The average Bonchev–Trinajstić information content (AvgIpc) is 3.06. The van der Waals surface area contributed by atoms with Gasteiger partial charge in [0.1, 0.15) is 24.6 Å². The third-order valence-corrected chi connectivity index (χ3v) is 5.13. The fourth-order valence-electron chi connectivity index (χ4n) is 3.66. The molecule has 0 radical (unpaired) electrons. The zero-order valence-corrected chi connectivity index (χ0v) is 14.1. The number of likely N-dealkylation sites (tertiary alicyclic amines) is 1. The lowest BCUT2D eigenvalue weighted by molar-refractivity contribution is 0.0792. The second-order valence-electron chi connectivity index (χ2n) is 6.56. The van der Waals surface area contributed by atoms with Crippen LogP contribution in [0.1, 0.15) is 24.4 Å². The van der Waals surface area contributed by atoms with E-state index in [1.165, 1.54) is 5.69 Å². The number of anilines is 1. The number of imidazole rings is 1. The van der Waals surface area contributed by atoms with Crippen LogP contribution in [-0.4, -0.2) is 57.2 Å². The van der Waals surface area contributed by atoms with Crippen LogP contribution >= 0.6 is 0 Å². The first-order valence-corrected chi connectivity index (χ1v) is 8.63. The molecule has 0 saturated carbocycles. The fraction of sp³-hybridized carbons (Fsp3) is 0.588. The molecule has 0 spiro atoms. The SMILES string of the molecule is CN(c1ccncn1)C1CCN(Cc2cnc3n2CCOC3)CC1. The third kappa shape index (κ3) is 3.14. The van der Waals surface area contributed by atoms with Gasteiger partial charge in [-0.15, -0.1) is 0 Å². The molecule has 0 amide bonds. The molecule has 0 unspecified atom stereocenters. The van der Waals surface area contributed by atoms with Gasteiger partial charge in [0.15, 0.2) is 0 Å². The molecule has 4 rings (SSSR count). The Kier molecular flexibility index (Phi) is 4.44. The molecule has 2 aliphatic rings. The van der Waals surface area contributed by atoms with Crippen molar-refractivity contribution >= 4 is 5.82 Å². The van der Waals surface area contributed by atoms with Gasteiger partial charge in [0.25, 0.3) is 0 Å². The summed E-state index contributed by atoms with van der Waals surface area (Å²) in [5.41, 5.74) is 1.32. The molecular formula is C17H24N6O. The highest BCUT2D eigenvalue weighted by atomic mass is 16.5. The van der Waals surface area contributed by atoms with Crippen molar-refractivity contribution in [3.8, 4) is 0 Å². The molecule has 7 nitrogen and oxygen atoms in total.